The molecule has 1 N–H and O–H groups in total. The summed E-state index contributed by atoms with van der Waals surface area (Å²) in [4.78, 5) is 0. The van der Waals surface area contributed by atoms with E-state index in [0.29, 0.717) is 33.0 Å². The fraction of sp³-hybridized carbons (Fsp3) is 1.00. The molecule has 1 heterocycles. The van der Waals surface area contributed by atoms with Crippen molar-refractivity contribution in [2.45, 2.75) is 19.1 Å². The zero-order valence-corrected chi connectivity index (χ0v) is 10.2. The van der Waals surface area contributed by atoms with E-state index in [0.717, 1.165) is 13.1 Å². The molecule has 0 radical (unpaired) electrons. The van der Waals surface area contributed by atoms with E-state index < -0.39 is 0 Å². The summed E-state index contributed by atoms with van der Waals surface area (Å²) in [6.45, 7) is 6.96. The fourth-order valence-corrected chi connectivity index (χ4v) is 1.55. The highest BCUT2D eigenvalue weighted by Crippen LogP contribution is 2.03. The van der Waals surface area contributed by atoms with Crippen molar-refractivity contribution in [2.75, 3.05) is 53.2 Å². The first-order chi connectivity index (χ1) is 7.83. The number of hydrogen-bond acceptors (Lipinski definition) is 5. The standard InChI is InChI=1S/C11H23NO4/c1-10-7-12-8-11(16-10)9-15-6-5-14-4-3-13-2/h10-12H,3-9H2,1-2H3. The third-order valence-corrected chi connectivity index (χ3v) is 2.34. The molecule has 16 heavy (non-hydrogen) atoms. The third kappa shape index (κ3) is 6.40. The first-order valence-corrected chi connectivity index (χ1v) is 5.83. The molecule has 2 atom stereocenters. The van der Waals surface area contributed by atoms with Gasteiger partial charge < -0.3 is 24.3 Å². The molecule has 1 aliphatic rings. The SMILES string of the molecule is COCCOCCOCC1CNCC(C)O1. The Kier molecular flexibility index (Phi) is 7.71. The van der Waals surface area contributed by atoms with Gasteiger partial charge in [0.1, 0.15) is 0 Å². The Balaban J connectivity index is 1.86. The lowest BCUT2D eigenvalue weighted by molar-refractivity contribution is -0.0756. The first kappa shape index (κ1) is 13.9. The first-order valence-electron chi connectivity index (χ1n) is 5.83. The van der Waals surface area contributed by atoms with Crippen molar-refractivity contribution in [1.82, 2.24) is 5.32 Å². The Morgan fingerprint density at radius 2 is 1.88 bits per heavy atom. The Bertz CT molecular complexity index is 168. The number of nitrogens with one attached hydrogen (secondary N) is 1. The quantitative estimate of drug-likeness (QED) is 0.600. The molecule has 0 aromatic rings. The van der Waals surface area contributed by atoms with E-state index in [9.17, 15) is 0 Å². The van der Waals surface area contributed by atoms with Crippen LogP contribution >= 0.6 is 0 Å². The summed E-state index contributed by atoms with van der Waals surface area (Å²) in [5.41, 5.74) is 0. The molecule has 1 fully saturated rings. The zero-order valence-electron chi connectivity index (χ0n) is 10.2. The summed E-state index contributed by atoms with van der Waals surface area (Å²) in [6, 6.07) is 0. The van der Waals surface area contributed by atoms with Gasteiger partial charge in [0.15, 0.2) is 0 Å². The molecule has 0 aromatic heterocycles. The van der Waals surface area contributed by atoms with Crippen LogP contribution in [0.3, 0.4) is 0 Å². The molecule has 0 aromatic carbocycles. The van der Waals surface area contributed by atoms with Crippen molar-refractivity contribution in [3.8, 4) is 0 Å². The summed E-state index contributed by atoms with van der Waals surface area (Å²) in [5, 5.41) is 3.30. The van der Waals surface area contributed by atoms with Crippen LogP contribution in [0.1, 0.15) is 6.92 Å². The third-order valence-electron chi connectivity index (χ3n) is 2.34. The van der Waals surface area contributed by atoms with Crippen molar-refractivity contribution in [3.63, 3.8) is 0 Å². The zero-order chi connectivity index (χ0) is 11.6. The average Bonchev–Trinajstić information content (AvgIpc) is 2.28. The van der Waals surface area contributed by atoms with Gasteiger partial charge in [-0.25, -0.2) is 0 Å². The van der Waals surface area contributed by atoms with Gasteiger partial charge in [-0.1, -0.05) is 0 Å². The van der Waals surface area contributed by atoms with Crippen LogP contribution in [-0.2, 0) is 18.9 Å². The van der Waals surface area contributed by atoms with Gasteiger partial charge in [-0.3, -0.25) is 0 Å². The van der Waals surface area contributed by atoms with Crippen LogP contribution in [0.5, 0.6) is 0 Å². The minimum atomic E-state index is 0.169. The van der Waals surface area contributed by atoms with Gasteiger partial charge in [-0.2, -0.15) is 0 Å². The molecule has 1 rings (SSSR count). The van der Waals surface area contributed by atoms with E-state index in [-0.39, 0.29) is 12.2 Å². The second-order valence-electron chi connectivity index (χ2n) is 3.91. The maximum atomic E-state index is 5.68. The number of hydrogen-bond donors (Lipinski definition) is 1. The predicted molar refractivity (Wildman–Crippen MR) is 60.7 cm³/mol. The second kappa shape index (κ2) is 8.90. The molecular formula is C11H23NO4. The van der Waals surface area contributed by atoms with Gasteiger partial charge in [0.2, 0.25) is 0 Å². The summed E-state index contributed by atoms with van der Waals surface area (Å²) in [7, 11) is 1.66. The molecule has 0 saturated carbocycles. The van der Waals surface area contributed by atoms with Crippen LogP contribution < -0.4 is 5.32 Å². The van der Waals surface area contributed by atoms with Crippen molar-refractivity contribution in [3.05, 3.63) is 0 Å². The number of morpholine rings is 1. The molecule has 0 bridgehead atoms. The minimum Gasteiger partial charge on any atom is -0.382 e. The lowest BCUT2D eigenvalue weighted by Crippen LogP contribution is -2.45. The lowest BCUT2D eigenvalue weighted by atomic mass is 10.2. The lowest BCUT2D eigenvalue weighted by Gasteiger charge is -2.28. The van der Waals surface area contributed by atoms with Crippen molar-refractivity contribution in [1.29, 1.82) is 0 Å². The normalized spacial score (nSPS) is 25.9. The summed E-state index contributed by atoms with van der Waals surface area (Å²) >= 11 is 0. The number of rotatable bonds is 8. The second-order valence-corrected chi connectivity index (χ2v) is 3.91. The summed E-state index contributed by atoms with van der Waals surface area (Å²) in [5.74, 6) is 0. The molecular weight excluding hydrogens is 210 g/mol. The highest BCUT2D eigenvalue weighted by Gasteiger charge is 2.18. The topological polar surface area (TPSA) is 49.0 Å². The Morgan fingerprint density at radius 3 is 2.62 bits per heavy atom. The molecule has 1 aliphatic heterocycles. The maximum Gasteiger partial charge on any atom is 0.0936 e. The van der Waals surface area contributed by atoms with E-state index in [1.54, 1.807) is 7.11 Å². The van der Waals surface area contributed by atoms with Gasteiger partial charge in [-0.05, 0) is 6.92 Å². The molecule has 96 valence electrons. The van der Waals surface area contributed by atoms with Crippen LogP contribution in [0.25, 0.3) is 0 Å². The van der Waals surface area contributed by atoms with E-state index >= 15 is 0 Å². The Hall–Kier alpha value is -0.200. The monoisotopic (exact) mass is 233 g/mol. The predicted octanol–water partition coefficient (Wildman–Crippen LogP) is 0.0429. The van der Waals surface area contributed by atoms with E-state index in [1.807, 2.05) is 0 Å². The van der Waals surface area contributed by atoms with Crippen molar-refractivity contribution in [2.24, 2.45) is 0 Å². The minimum absolute atomic E-state index is 0.169. The van der Waals surface area contributed by atoms with Crippen LogP contribution in [-0.4, -0.2) is 65.4 Å². The average molecular weight is 233 g/mol. The number of ether oxygens (including phenoxy) is 4. The van der Waals surface area contributed by atoms with Crippen molar-refractivity contribution < 1.29 is 18.9 Å². The van der Waals surface area contributed by atoms with E-state index in [1.165, 1.54) is 0 Å². The molecule has 5 nitrogen and oxygen atoms in total. The maximum absolute atomic E-state index is 5.68. The van der Waals surface area contributed by atoms with Gasteiger partial charge in [-0.15, -0.1) is 0 Å². The van der Waals surface area contributed by atoms with Crippen LogP contribution in [0.2, 0.25) is 0 Å². The van der Waals surface area contributed by atoms with Gasteiger partial charge in [0, 0.05) is 20.2 Å². The van der Waals surface area contributed by atoms with Gasteiger partial charge in [0.25, 0.3) is 0 Å². The van der Waals surface area contributed by atoms with Crippen molar-refractivity contribution >= 4 is 0 Å². The fourth-order valence-electron chi connectivity index (χ4n) is 1.55. The largest absolute Gasteiger partial charge is 0.382 e. The molecule has 0 amide bonds. The van der Waals surface area contributed by atoms with Crippen LogP contribution in [0.4, 0.5) is 0 Å². The van der Waals surface area contributed by atoms with Crippen LogP contribution in [0, 0.1) is 0 Å². The molecule has 5 heteroatoms. The molecule has 1 saturated heterocycles. The van der Waals surface area contributed by atoms with E-state index in [4.69, 9.17) is 18.9 Å². The molecule has 0 spiro atoms. The Morgan fingerprint density at radius 1 is 1.12 bits per heavy atom. The van der Waals surface area contributed by atoms with Crippen LogP contribution in [0.15, 0.2) is 0 Å². The molecule has 2 unspecified atom stereocenters. The van der Waals surface area contributed by atoms with E-state index in [2.05, 4.69) is 12.2 Å². The number of methoxy groups -OCH3 is 1. The smallest absolute Gasteiger partial charge is 0.0936 e. The summed E-state index contributed by atoms with van der Waals surface area (Å²) < 4.78 is 21.3. The summed E-state index contributed by atoms with van der Waals surface area (Å²) in [6.07, 6.45) is 0.447. The van der Waals surface area contributed by atoms with Gasteiger partial charge >= 0.3 is 0 Å². The highest BCUT2D eigenvalue weighted by atomic mass is 16.6. The Labute approximate surface area is 97.4 Å². The molecule has 0 aliphatic carbocycles. The highest BCUT2D eigenvalue weighted by molar-refractivity contribution is 4.71. The van der Waals surface area contributed by atoms with Gasteiger partial charge in [0.05, 0.1) is 45.2 Å².